The van der Waals surface area contributed by atoms with E-state index in [1.165, 1.54) is 0 Å². The van der Waals surface area contributed by atoms with Crippen LogP contribution >= 0.6 is 11.8 Å². The van der Waals surface area contributed by atoms with Gasteiger partial charge < -0.3 is 19.8 Å². The van der Waals surface area contributed by atoms with Gasteiger partial charge in [-0.25, -0.2) is 10.5 Å². The number of aliphatic hydroxyl groups excluding tert-OH is 2. The molecule has 1 amide bonds. The SMILES string of the molecule is COc1ccc2ncc(CO)c([C@H](O)CCC3(C(=O)NO)CCN(CCSc4ccccn4)CC3)c2c1. The van der Waals surface area contributed by atoms with Gasteiger partial charge in [-0.05, 0) is 74.7 Å². The fourth-order valence-corrected chi connectivity index (χ4v) is 5.93. The number of carbonyl (C=O) groups is 1. The van der Waals surface area contributed by atoms with Gasteiger partial charge in [0.05, 0.1) is 35.8 Å². The van der Waals surface area contributed by atoms with Crippen LogP contribution < -0.4 is 10.2 Å². The Morgan fingerprint density at radius 1 is 1.24 bits per heavy atom. The minimum atomic E-state index is -0.920. The number of pyridine rings is 2. The van der Waals surface area contributed by atoms with E-state index in [9.17, 15) is 20.2 Å². The van der Waals surface area contributed by atoms with Gasteiger partial charge in [-0.2, -0.15) is 0 Å². The molecule has 0 aliphatic carbocycles. The van der Waals surface area contributed by atoms with Crippen LogP contribution in [0.3, 0.4) is 0 Å². The predicted molar refractivity (Wildman–Crippen MR) is 141 cm³/mol. The first-order valence-corrected chi connectivity index (χ1v) is 13.4. The topological polar surface area (TPSA) is 128 Å². The van der Waals surface area contributed by atoms with E-state index >= 15 is 0 Å². The molecule has 9 nitrogen and oxygen atoms in total. The number of nitrogens with zero attached hydrogens (tertiary/aromatic N) is 3. The Kier molecular flexibility index (Phi) is 9.33. The normalized spacial score (nSPS) is 16.4. The van der Waals surface area contributed by atoms with E-state index in [4.69, 9.17) is 4.74 Å². The molecule has 0 radical (unpaired) electrons. The van der Waals surface area contributed by atoms with Crippen LogP contribution in [0.5, 0.6) is 5.75 Å². The monoisotopic (exact) mass is 526 g/mol. The number of carbonyl (C=O) groups excluding carboxylic acids is 1. The summed E-state index contributed by atoms with van der Waals surface area (Å²) in [5.41, 5.74) is 2.91. The first-order valence-electron chi connectivity index (χ1n) is 12.4. The third-order valence-corrected chi connectivity index (χ3v) is 8.21. The molecule has 4 N–H and O–H groups in total. The van der Waals surface area contributed by atoms with Crippen LogP contribution in [0.4, 0.5) is 0 Å². The van der Waals surface area contributed by atoms with Crippen molar-refractivity contribution in [2.75, 3.05) is 32.5 Å². The number of hydrogen-bond acceptors (Lipinski definition) is 9. The van der Waals surface area contributed by atoms with E-state index in [1.807, 2.05) is 29.7 Å². The number of benzene rings is 1. The third kappa shape index (κ3) is 6.39. The molecule has 2 aromatic heterocycles. The summed E-state index contributed by atoms with van der Waals surface area (Å²) < 4.78 is 5.35. The minimum absolute atomic E-state index is 0.264. The number of rotatable bonds is 11. The first kappa shape index (κ1) is 27.3. The van der Waals surface area contributed by atoms with Gasteiger partial charge in [0.15, 0.2) is 0 Å². The van der Waals surface area contributed by atoms with Crippen molar-refractivity contribution in [1.82, 2.24) is 20.3 Å². The molecule has 0 saturated carbocycles. The van der Waals surface area contributed by atoms with Crippen LogP contribution in [-0.2, 0) is 11.4 Å². The number of hydroxylamine groups is 1. The summed E-state index contributed by atoms with van der Waals surface area (Å²) in [6.07, 6.45) is 4.30. The van der Waals surface area contributed by atoms with E-state index in [-0.39, 0.29) is 6.61 Å². The molecule has 1 saturated heterocycles. The summed E-state index contributed by atoms with van der Waals surface area (Å²) in [5, 5.41) is 32.4. The fraction of sp³-hybridized carbons (Fsp3) is 0.444. The summed E-state index contributed by atoms with van der Waals surface area (Å²) in [6.45, 7) is 2.07. The highest BCUT2D eigenvalue weighted by Gasteiger charge is 2.41. The molecular formula is C27H34N4O5S. The molecule has 1 fully saturated rings. The van der Waals surface area contributed by atoms with Gasteiger partial charge in [0.1, 0.15) is 5.75 Å². The van der Waals surface area contributed by atoms with Crippen molar-refractivity contribution in [3.05, 3.63) is 59.9 Å². The number of likely N-dealkylation sites (tertiary alicyclic amines) is 1. The Balaban J connectivity index is 1.43. The zero-order valence-electron chi connectivity index (χ0n) is 21.0. The van der Waals surface area contributed by atoms with Gasteiger partial charge in [-0.15, -0.1) is 11.8 Å². The van der Waals surface area contributed by atoms with Crippen molar-refractivity contribution in [3.63, 3.8) is 0 Å². The predicted octanol–water partition coefficient (Wildman–Crippen LogP) is 3.32. The zero-order chi connectivity index (χ0) is 26.3. The molecule has 0 unspecified atom stereocenters. The number of piperidine rings is 1. The standard InChI is InChI=1S/C27H34N4O5S/c1-36-20-5-6-22-21(16-20)25(19(18-32)17-29-22)23(33)7-8-27(26(34)30-35)9-12-31(13-10-27)14-15-37-24-4-2-3-11-28-24/h2-6,11,16-17,23,32-33,35H,7-10,12-15,18H2,1H3,(H,30,34)/t23-/m1/s1. The second-order valence-corrected chi connectivity index (χ2v) is 10.5. The van der Waals surface area contributed by atoms with Gasteiger partial charge in [0, 0.05) is 35.6 Å². The second kappa shape index (κ2) is 12.7. The van der Waals surface area contributed by atoms with Crippen molar-refractivity contribution in [2.45, 2.75) is 43.4 Å². The molecular weight excluding hydrogens is 492 g/mol. The third-order valence-electron chi connectivity index (χ3n) is 7.29. The molecule has 3 aromatic rings. The van der Waals surface area contributed by atoms with Gasteiger partial charge in [-0.3, -0.25) is 15.0 Å². The van der Waals surface area contributed by atoms with E-state index in [0.29, 0.717) is 53.5 Å². The highest BCUT2D eigenvalue weighted by Crippen LogP contribution is 2.40. The molecule has 0 bridgehead atoms. The highest BCUT2D eigenvalue weighted by molar-refractivity contribution is 7.99. The molecule has 10 heteroatoms. The molecule has 1 aliphatic heterocycles. The number of nitrogens with one attached hydrogen (secondary N) is 1. The summed E-state index contributed by atoms with van der Waals surface area (Å²) >= 11 is 1.70. The average molecular weight is 527 g/mol. The quantitative estimate of drug-likeness (QED) is 0.169. The van der Waals surface area contributed by atoms with Crippen LogP contribution in [-0.4, -0.2) is 68.7 Å². The largest absolute Gasteiger partial charge is 0.497 e. The number of thioether (sulfide) groups is 1. The maximum Gasteiger partial charge on any atom is 0.249 e. The van der Waals surface area contributed by atoms with Gasteiger partial charge in [0.25, 0.3) is 0 Å². The van der Waals surface area contributed by atoms with Gasteiger partial charge >= 0.3 is 0 Å². The van der Waals surface area contributed by atoms with E-state index < -0.39 is 17.4 Å². The molecule has 1 atom stereocenters. The minimum Gasteiger partial charge on any atom is -0.497 e. The Morgan fingerprint density at radius 3 is 2.73 bits per heavy atom. The molecule has 1 aromatic carbocycles. The number of fused-ring (bicyclic) bond motifs is 1. The number of methoxy groups -OCH3 is 1. The summed E-state index contributed by atoms with van der Waals surface area (Å²) in [4.78, 5) is 23.9. The maximum atomic E-state index is 12.8. The molecule has 0 spiro atoms. The lowest BCUT2D eigenvalue weighted by molar-refractivity contribution is -0.143. The lowest BCUT2D eigenvalue weighted by Gasteiger charge is -2.40. The Labute approximate surface area is 220 Å². The molecule has 37 heavy (non-hydrogen) atoms. The van der Waals surface area contributed by atoms with Crippen LogP contribution in [0.15, 0.2) is 53.8 Å². The maximum absolute atomic E-state index is 12.8. The first-order chi connectivity index (χ1) is 18.0. The smallest absolute Gasteiger partial charge is 0.249 e. The van der Waals surface area contributed by atoms with Crippen LogP contribution in [0.1, 0.15) is 42.9 Å². The number of ether oxygens (including phenoxy) is 1. The molecule has 4 rings (SSSR count). The summed E-state index contributed by atoms with van der Waals surface area (Å²) in [6, 6.07) is 11.3. The van der Waals surface area contributed by atoms with Crippen LogP contribution in [0.25, 0.3) is 10.9 Å². The number of aromatic nitrogens is 2. The Morgan fingerprint density at radius 2 is 2.05 bits per heavy atom. The van der Waals surface area contributed by atoms with Crippen LogP contribution in [0, 0.1) is 5.41 Å². The molecule has 1 aliphatic rings. The van der Waals surface area contributed by atoms with Crippen molar-refractivity contribution in [1.29, 1.82) is 0 Å². The van der Waals surface area contributed by atoms with Crippen LogP contribution in [0.2, 0.25) is 0 Å². The van der Waals surface area contributed by atoms with E-state index in [1.54, 1.807) is 43.4 Å². The highest BCUT2D eigenvalue weighted by atomic mass is 32.2. The van der Waals surface area contributed by atoms with Gasteiger partial charge in [-0.1, -0.05) is 6.07 Å². The van der Waals surface area contributed by atoms with Crippen molar-refractivity contribution in [2.24, 2.45) is 5.41 Å². The van der Waals surface area contributed by atoms with Crippen molar-refractivity contribution < 1.29 is 25.0 Å². The average Bonchev–Trinajstić information content (AvgIpc) is 2.95. The lowest BCUT2D eigenvalue weighted by atomic mass is 9.73. The van der Waals surface area contributed by atoms with E-state index in [2.05, 4.69) is 14.9 Å². The lowest BCUT2D eigenvalue weighted by Crippen LogP contribution is -2.48. The number of amides is 1. The second-order valence-electron chi connectivity index (χ2n) is 9.37. The molecule has 198 valence electrons. The summed E-state index contributed by atoms with van der Waals surface area (Å²) in [7, 11) is 1.57. The molecule has 3 heterocycles. The van der Waals surface area contributed by atoms with Crippen molar-refractivity contribution in [3.8, 4) is 5.75 Å². The fourth-order valence-electron chi connectivity index (χ4n) is 5.06. The van der Waals surface area contributed by atoms with Gasteiger partial charge in [0.2, 0.25) is 5.91 Å². The zero-order valence-corrected chi connectivity index (χ0v) is 21.8. The van der Waals surface area contributed by atoms with Crippen molar-refractivity contribution >= 4 is 28.6 Å². The Bertz CT molecular complexity index is 1180. The Hall–Kier alpha value is -2.76. The number of aliphatic hydroxyl groups is 2. The van der Waals surface area contributed by atoms with E-state index in [0.717, 1.165) is 30.4 Å². The number of hydrogen-bond donors (Lipinski definition) is 4. The summed E-state index contributed by atoms with van der Waals surface area (Å²) in [5.74, 6) is 1.12.